The summed E-state index contributed by atoms with van der Waals surface area (Å²) in [5.74, 6) is -0.722. The molecule has 10 heteroatoms. The van der Waals surface area contributed by atoms with Crippen molar-refractivity contribution in [1.29, 1.82) is 0 Å². The second-order valence-electron chi connectivity index (χ2n) is 5.05. The van der Waals surface area contributed by atoms with Crippen molar-refractivity contribution in [3.8, 4) is 0 Å². The Morgan fingerprint density at radius 1 is 0.880 bits per heavy atom. The maximum atomic E-state index is 9.55. The molecule has 3 unspecified atom stereocenters. The van der Waals surface area contributed by atoms with Crippen LogP contribution in [0.15, 0.2) is 0 Å². The van der Waals surface area contributed by atoms with Crippen molar-refractivity contribution < 1.29 is 39.5 Å². The van der Waals surface area contributed by atoms with Crippen LogP contribution in [0.4, 0.5) is 0 Å². The molecule has 0 amide bonds. The van der Waals surface area contributed by atoms with Gasteiger partial charge < -0.3 is 29.9 Å². The van der Waals surface area contributed by atoms with E-state index in [1.54, 1.807) is 13.8 Å². The molecule has 0 aliphatic heterocycles. The third-order valence-corrected chi connectivity index (χ3v) is 2.59. The molecule has 0 aromatic rings. The molecule has 0 aromatic carbocycles. The topological polar surface area (TPSA) is 134 Å². The summed E-state index contributed by atoms with van der Waals surface area (Å²) in [7, 11) is 0. The van der Waals surface area contributed by atoms with Gasteiger partial charge in [-0.2, -0.15) is 25.3 Å². The number of aliphatic carboxylic acids is 2. The number of hydrogen-bond acceptors (Lipinski definition) is 8. The van der Waals surface area contributed by atoms with Gasteiger partial charge in [0.1, 0.15) is 0 Å². The Hall–Kier alpha value is -0.520. The average Bonchev–Trinajstić information content (AvgIpc) is 2.51. The number of carboxylic acid groups (broad SMARTS) is 2. The van der Waals surface area contributed by atoms with Crippen LogP contribution < -0.4 is 0 Å². The molecule has 0 aromatic heterocycles. The van der Waals surface area contributed by atoms with Crippen LogP contribution in [-0.2, 0) is 19.1 Å². The first kappa shape index (κ1) is 29.3. The minimum Gasteiger partial charge on any atom is -0.481 e. The Kier molecular flexibility index (Phi) is 25.2. The van der Waals surface area contributed by atoms with Gasteiger partial charge in [0, 0.05) is 11.5 Å². The zero-order valence-electron chi connectivity index (χ0n) is 15.0. The summed E-state index contributed by atoms with van der Waals surface area (Å²) in [6.07, 6.45) is -0.342. The number of aliphatic hydroxyl groups is 2. The zero-order valence-corrected chi connectivity index (χ0v) is 16.8. The summed E-state index contributed by atoms with van der Waals surface area (Å²) in [5, 5.41) is 33.3. The van der Waals surface area contributed by atoms with Gasteiger partial charge in [0.2, 0.25) is 0 Å². The van der Waals surface area contributed by atoms with Crippen molar-refractivity contribution >= 4 is 37.2 Å². The number of hydrogen-bond donors (Lipinski definition) is 6. The number of aliphatic hydroxyl groups excluding tert-OH is 2. The highest BCUT2D eigenvalue weighted by atomic mass is 32.1. The summed E-state index contributed by atoms with van der Waals surface area (Å²) >= 11 is 7.36. The molecular formula is C15H32O8S2. The van der Waals surface area contributed by atoms with E-state index in [9.17, 15) is 9.59 Å². The molecule has 0 saturated carbocycles. The van der Waals surface area contributed by atoms with Gasteiger partial charge in [-0.1, -0.05) is 0 Å². The maximum absolute atomic E-state index is 9.55. The van der Waals surface area contributed by atoms with Gasteiger partial charge in [0.25, 0.3) is 0 Å². The smallest absolute Gasteiger partial charge is 0.304 e. The molecule has 0 spiro atoms. The van der Waals surface area contributed by atoms with Crippen LogP contribution >= 0.6 is 25.3 Å². The summed E-state index contributed by atoms with van der Waals surface area (Å²) in [6, 6.07) is 0. The van der Waals surface area contributed by atoms with Crippen molar-refractivity contribution in [2.75, 3.05) is 31.3 Å². The molecule has 0 heterocycles. The Morgan fingerprint density at radius 2 is 1.28 bits per heavy atom. The first-order valence-corrected chi connectivity index (χ1v) is 9.04. The fourth-order valence-electron chi connectivity index (χ4n) is 0.895. The summed E-state index contributed by atoms with van der Waals surface area (Å²) in [4.78, 5) is 19.1. The van der Waals surface area contributed by atoms with Crippen LogP contribution in [0.2, 0.25) is 0 Å². The predicted octanol–water partition coefficient (Wildman–Crippen LogP) is 0.951. The normalized spacial score (nSPS) is 13.4. The summed E-state index contributed by atoms with van der Waals surface area (Å²) in [5.41, 5.74) is 0. The quantitative estimate of drug-likeness (QED) is 0.280. The first-order valence-electron chi connectivity index (χ1n) is 7.78. The number of carboxylic acids is 2. The highest BCUT2D eigenvalue weighted by molar-refractivity contribution is 7.80. The van der Waals surface area contributed by atoms with Gasteiger partial charge >= 0.3 is 11.9 Å². The lowest BCUT2D eigenvalue weighted by atomic mass is 10.4. The van der Waals surface area contributed by atoms with Gasteiger partial charge in [-0.3, -0.25) is 9.59 Å². The molecule has 0 saturated heterocycles. The lowest BCUT2D eigenvalue weighted by Crippen LogP contribution is -2.24. The molecule has 0 aliphatic carbocycles. The lowest BCUT2D eigenvalue weighted by molar-refractivity contribution is -0.137. The molecule has 0 rings (SSSR count). The SMILES string of the molecule is CC(O)COC(C)COC(C)CO.O=C(O)CCS.O=C(O)CCS. The Balaban J connectivity index is -0.000000336. The van der Waals surface area contributed by atoms with Gasteiger partial charge in [0.05, 0.1) is 51.0 Å². The highest BCUT2D eigenvalue weighted by Crippen LogP contribution is 1.97. The molecule has 0 radical (unpaired) electrons. The monoisotopic (exact) mass is 404 g/mol. The molecule has 0 bridgehead atoms. The van der Waals surface area contributed by atoms with Crippen LogP contribution in [0.3, 0.4) is 0 Å². The zero-order chi connectivity index (χ0) is 20.3. The van der Waals surface area contributed by atoms with E-state index in [-0.39, 0.29) is 31.7 Å². The highest BCUT2D eigenvalue weighted by Gasteiger charge is 2.07. The van der Waals surface area contributed by atoms with E-state index in [0.29, 0.717) is 24.7 Å². The van der Waals surface area contributed by atoms with E-state index < -0.39 is 18.0 Å². The Bertz CT molecular complexity index is 300. The Labute approximate surface area is 160 Å². The van der Waals surface area contributed by atoms with Crippen molar-refractivity contribution in [2.45, 2.75) is 51.9 Å². The minimum atomic E-state index is -0.787. The van der Waals surface area contributed by atoms with E-state index in [0.717, 1.165) is 0 Å². The van der Waals surface area contributed by atoms with Crippen LogP contribution in [-0.4, -0.2) is 82.0 Å². The molecule has 152 valence electrons. The molecule has 25 heavy (non-hydrogen) atoms. The molecular weight excluding hydrogens is 372 g/mol. The summed E-state index contributed by atoms with van der Waals surface area (Å²) < 4.78 is 10.5. The van der Waals surface area contributed by atoms with Crippen LogP contribution in [0.5, 0.6) is 0 Å². The standard InChI is InChI=1S/C9H20O4.2C3H6O2S/c1-7(11)5-12-9(3)6-13-8(2)4-10;2*4-3(5)1-2-6/h7-11H,4-6H2,1-3H3;2*6H,1-2H2,(H,4,5). The summed E-state index contributed by atoms with van der Waals surface area (Å²) in [6.45, 7) is 6.10. The number of rotatable bonds is 11. The molecule has 0 fully saturated rings. The van der Waals surface area contributed by atoms with Crippen LogP contribution in [0, 0.1) is 0 Å². The van der Waals surface area contributed by atoms with Gasteiger partial charge in [-0.05, 0) is 20.8 Å². The van der Waals surface area contributed by atoms with E-state index >= 15 is 0 Å². The largest absolute Gasteiger partial charge is 0.481 e. The van der Waals surface area contributed by atoms with E-state index in [4.69, 9.17) is 29.9 Å². The fourth-order valence-corrected chi connectivity index (χ4v) is 1.28. The lowest BCUT2D eigenvalue weighted by Gasteiger charge is -2.16. The number of carbonyl (C=O) groups is 2. The Morgan fingerprint density at radius 3 is 1.52 bits per heavy atom. The molecule has 0 aliphatic rings. The minimum absolute atomic E-state index is 0.0170. The number of thiol groups is 2. The second-order valence-corrected chi connectivity index (χ2v) is 5.95. The fraction of sp³-hybridized carbons (Fsp3) is 0.867. The van der Waals surface area contributed by atoms with Crippen LogP contribution in [0.25, 0.3) is 0 Å². The van der Waals surface area contributed by atoms with Gasteiger partial charge in [0.15, 0.2) is 0 Å². The average molecular weight is 405 g/mol. The first-order chi connectivity index (χ1) is 11.6. The predicted molar refractivity (Wildman–Crippen MR) is 102 cm³/mol. The van der Waals surface area contributed by atoms with Crippen molar-refractivity contribution in [1.82, 2.24) is 0 Å². The van der Waals surface area contributed by atoms with E-state index in [1.165, 1.54) is 0 Å². The van der Waals surface area contributed by atoms with Gasteiger partial charge in [-0.15, -0.1) is 0 Å². The van der Waals surface area contributed by atoms with Gasteiger partial charge in [-0.25, -0.2) is 0 Å². The van der Waals surface area contributed by atoms with E-state index in [1.807, 2.05) is 6.92 Å². The van der Waals surface area contributed by atoms with Crippen LogP contribution in [0.1, 0.15) is 33.6 Å². The number of ether oxygens (including phenoxy) is 2. The second kappa shape index (κ2) is 21.5. The maximum Gasteiger partial charge on any atom is 0.304 e. The van der Waals surface area contributed by atoms with Crippen molar-refractivity contribution in [3.63, 3.8) is 0 Å². The third kappa shape index (κ3) is 35.5. The molecule has 3 atom stereocenters. The van der Waals surface area contributed by atoms with Crippen molar-refractivity contribution in [3.05, 3.63) is 0 Å². The molecule has 8 nitrogen and oxygen atoms in total. The molecule has 4 N–H and O–H groups in total. The van der Waals surface area contributed by atoms with E-state index in [2.05, 4.69) is 25.3 Å². The third-order valence-electron chi connectivity index (χ3n) is 2.15. The van der Waals surface area contributed by atoms with Crippen molar-refractivity contribution in [2.24, 2.45) is 0 Å².